The summed E-state index contributed by atoms with van der Waals surface area (Å²) in [5.74, 6) is 0. The summed E-state index contributed by atoms with van der Waals surface area (Å²) in [4.78, 5) is 0. The molecule has 0 amide bonds. The van der Waals surface area contributed by atoms with E-state index in [-0.39, 0.29) is 0 Å². The minimum atomic E-state index is 0.584. The van der Waals surface area contributed by atoms with Crippen LogP contribution in [0.5, 0.6) is 0 Å². The molecule has 1 aromatic carbocycles. The number of methoxy groups -OCH3 is 1. The number of ether oxygens (including phenoxy) is 2. The van der Waals surface area contributed by atoms with Gasteiger partial charge in [-0.3, -0.25) is 0 Å². The Morgan fingerprint density at radius 3 is 2.58 bits per heavy atom. The molecule has 0 aromatic heterocycles. The van der Waals surface area contributed by atoms with Gasteiger partial charge in [-0.1, -0.05) is 30.3 Å². The van der Waals surface area contributed by atoms with E-state index in [1.165, 1.54) is 12.5 Å². The maximum atomic E-state index is 5.15. The van der Waals surface area contributed by atoms with Crippen molar-refractivity contribution in [2.24, 2.45) is 0 Å². The van der Waals surface area contributed by atoms with Crippen LogP contribution in [0.2, 0.25) is 0 Å². The van der Waals surface area contributed by atoms with Gasteiger partial charge in [0, 0.05) is 0 Å². The largest absolute Gasteiger partial charge is 0.501 e. The van der Waals surface area contributed by atoms with Crippen molar-refractivity contribution in [3.05, 3.63) is 48.4 Å². The van der Waals surface area contributed by atoms with E-state index in [2.05, 4.69) is 4.74 Å². The Balaban J connectivity index is 2.29. The van der Waals surface area contributed by atoms with Crippen molar-refractivity contribution in [2.45, 2.75) is 6.61 Å². The first kappa shape index (κ1) is 8.65. The van der Waals surface area contributed by atoms with Crippen molar-refractivity contribution < 1.29 is 9.47 Å². The lowest BCUT2D eigenvalue weighted by molar-refractivity contribution is 0.217. The van der Waals surface area contributed by atoms with Crippen molar-refractivity contribution in [1.82, 2.24) is 0 Å². The van der Waals surface area contributed by atoms with E-state index < -0.39 is 0 Å². The summed E-state index contributed by atoms with van der Waals surface area (Å²) >= 11 is 0. The summed E-state index contributed by atoms with van der Waals surface area (Å²) in [5, 5.41) is 0. The topological polar surface area (TPSA) is 18.5 Å². The number of rotatable bonds is 4. The molecule has 0 aliphatic heterocycles. The van der Waals surface area contributed by atoms with Crippen LogP contribution in [-0.2, 0) is 16.1 Å². The first-order chi connectivity index (χ1) is 5.93. The van der Waals surface area contributed by atoms with E-state index in [1.54, 1.807) is 7.11 Å². The summed E-state index contributed by atoms with van der Waals surface area (Å²) in [7, 11) is 1.59. The molecule has 0 aliphatic carbocycles. The van der Waals surface area contributed by atoms with Crippen LogP contribution in [0.4, 0.5) is 0 Å². The lowest BCUT2D eigenvalue weighted by Gasteiger charge is -1.99. The summed E-state index contributed by atoms with van der Waals surface area (Å²) in [6, 6.07) is 9.98. The second-order valence-electron chi connectivity index (χ2n) is 2.30. The minimum absolute atomic E-state index is 0.584. The molecular formula is C10H12O2. The average molecular weight is 164 g/mol. The second kappa shape index (κ2) is 5.24. The fourth-order valence-electron chi connectivity index (χ4n) is 0.813. The molecule has 0 bridgehead atoms. The average Bonchev–Trinajstić information content (AvgIpc) is 2.14. The normalized spacial score (nSPS) is 10.1. The van der Waals surface area contributed by atoms with Gasteiger partial charge in [0.1, 0.15) is 19.1 Å². The lowest BCUT2D eigenvalue weighted by Crippen LogP contribution is -1.84. The molecule has 0 heterocycles. The summed E-state index contributed by atoms with van der Waals surface area (Å²) < 4.78 is 9.83. The highest BCUT2D eigenvalue weighted by Gasteiger charge is 1.86. The zero-order valence-electron chi connectivity index (χ0n) is 7.07. The molecule has 0 N–H and O–H groups in total. The number of hydrogen-bond donors (Lipinski definition) is 0. The summed E-state index contributed by atoms with van der Waals surface area (Å²) in [6.07, 6.45) is 3.04. The van der Waals surface area contributed by atoms with Gasteiger partial charge in [0.2, 0.25) is 0 Å². The zero-order chi connectivity index (χ0) is 8.65. The first-order valence-electron chi connectivity index (χ1n) is 3.77. The van der Waals surface area contributed by atoms with E-state index in [4.69, 9.17) is 4.74 Å². The molecule has 0 aliphatic rings. The third kappa shape index (κ3) is 3.10. The monoisotopic (exact) mass is 164 g/mol. The molecule has 2 heteroatoms. The SMILES string of the molecule is CO/C=C/OCc1ccccc1. The van der Waals surface area contributed by atoms with Crippen molar-refractivity contribution in [2.75, 3.05) is 7.11 Å². The molecule has 12 heavy (non-hydrogen) atoms. The van der Waals surface area contributed by atoms with E-state index in [1.807, 2.05) is 30.3 Å². The highest BCUT2D eigenvalue weighted by molar-refractivity contribution is 5.13. The standard InChI is InChI=1S/C10H12O2/c1-11-7-8-12-9-10-5-3-2-4-6-10/h2-8H,9H2,1H3/b8-7+. The van der Waals surface area contributed by atoms with Gasteiger partial charge in [-0.25, -0.2) is 0 Å². The number of hydrogen-bond acceptors (Lipinski definition) is 2. The zero-order valence-corrected chi connectivity index (χ0v) is 7.07. The van der Waals surface area contributed by atoms with Gasteiger partial charge in [-0.2, -0.15) is 0 Å². The molecular weight excluding hydrogens is 152 g/mol. The third-order valence-corrected chi connectivity index (χ3v) is 1.38. The van der Waals surface area contributed by atoms with Crippen LogP contribution in [0.15, 0.2) is 42.9 Å². The van der Waals surface area contributed by atoms with Crippen molar-refractivity contribution >= 4 is 0 Å². The lowest BCUT2D eigenvalue weighted by atomic mass is 10.2. The molecule has 0 saturated carbocycles. The fraction of sp³-hybridized carbons (Fsp3) is 0.200. The van der Waals surface area contributed by atoms with E-state index >= 15 is 0 Å². The van der Waals surface area contributed by atoms with Gasteiger partial charge in [-0.15, -0.1) is 0 Å². The molecule has 0 atom stereocenters. The Morgan fingerprint density at radius 1 is 1.17 bits per heavy atom. The summed E-state index contributed by atoms with van der Waals surface area (Å²) in [5.41, 5.74) is 1.15. The van der Waals surface area contributed by atoms with Crippen LogP contribution in [0.25, 0.3) is 0 Å². The van der Waals surface area contributed by atoms with E-state index in [0.717, 1.165) is 5.56 Å². The van der Waals surface area contributed by atoms with Crippen LogP contribution >= 0.6 is 0 Å². The van der Waals surface area contributed by atoms with E-state index in [0.29, 0.717) is 6.61 Å². The maximum Gasteiger partial charge on any atom is 0.118 e. The quantitative estimate of drug-likeness (QED) is 0.636. The predicted molar refractivity (Wildman–Crippen MR) is 47.4 cm³/mol. The van der Waals surface area contributed by atoms with Crippen LogP contribution in [0.1, 0.15) is 5.56 Å². The third-order valence-electron chi connectivity index (χ3n) is 1.38. The van der Waals surface area contributed by atoms with Crippen LogP contribution in [0, 0.1) is 0 Å². The van der Waals surface area contributed by atoms with Crippen molar-refractivity contribution in [1.29, 1.82) is 0 Å². The molecule has 0 fully saturated rings. The summed E-state index contributed by atoms with van der Waals surface area (Å²) in [6.45, 7) is 0.584. The predicted octanol–water partition coefficient (Wildman–Crippen LogP) is 2.32. The Labute approximate surface area is 72.4 Å². The second-order valence-corrected chi connectivity index (χ2v) is 2.30. The van der Waals surface area contributed by atoms with Gasteiger partial charge in [-0.05, 0) is 5.56 Å². The van der Waals surface area contributed by atoms with Crippen LogP contribution < -0.4 is 0 Å². The molecule has 0 radical (unpaired) electrons. The maximum absolute atomic E-state index is 5.15. The molecule has 2 nitrogen and oxygen atoms in total. The van der Waals surface area contributed by atoms with Crippen molar-refractivity contribution in [3.63, 3.8) is 0 Å². The van der Waals surface area contributed by atoms with E-state index in [9.17, 15) is 0 Å². The molecule has 64 valence electrons. The van der Waals surface area contributed by atoms with Gasteiger partial charge in [0.15, 0.2) is 0 Å². The Kier molecular flexibility index (Phi) is 3.78. The first-order valence-corrected chi connectivity index (χ1v) is 3.77. The molecule has 0 spiro atoms. The van der Waals surface area contributed by atoms with Gasteiger partial charge < -0.3 is 9.47 Å². The Hall–Kier alpha value is -1.44. The minimum Gasteiger partial charge on any atom is -0.501 e. The van der Waals surface area contributed by atoms with Crippen LogP contribution in [-0.4, -0.2) is 7.11 Å². The molecule has 1 rings (SSSR count). The smallest absolute Gasteiger partial charge is 0.118 e. The van der Waals surface area contributed by atoms with Crippen molar-refractivity contribution in [3.8, 4) is 0 Å². The van der Waals surface area contributed by atoms with Gasteiger partial charge >= 0.3 is 0 Å². The van der Waals surface area contributed by atoms with Crippen LogP contribution in [0.3, 0.4) is 0 Å². The van der Waals surface area contributed by atoms with Gasteiger partial charge in [0.25, 0.3) is 0 Å². The molecule has 0 unspecified atom stereocenters. The highest BCUT2D eigenvalue weighted by Crippen LogP contribution is 2.00. The fourth-order valence-corrected chi connectivity index (χ4v) is 0.813. The molecule has 0 saturated heterocycles. The Morgan fingerprint density at radius 2 is 1.92 bits per heavy atom. The van der Waals surface area contributed by atoms with Gasteiger partial charge in [0.05, 0.1) is 7.11 Å². The molecule has 1 aromatic rings. The Bertz CT molecular complexity index is 229. The number of benzene rings is 1. The highest BCUT2D eigenvalue weighted by atomic mass is 16.5.